The highest BCUT2D eigenvalue weighted by atomic mass is 79.9. The minimum Gasteiger partial charge on any atom is -0.245 e. The van der Waals surface area contributed by atoms with Gasteiger partial charge < -0.3 is 0 Å². The first-order valence-corrected chi connectivity index (χ1v) is 10.7. The summed E-state index contributed by atoms with van der Waals surface area (Å²) in [5.74, 6) is 0.0609. The Labute approximate surface area is 182 Å². The maximum Gasteiger partial charge on any atom is 0.106 e. The summed E-state index contributed by atoms with van der Waals surface area (Å²) in [6.45, 7) is 0. The van der Waals surface area contributed by atoms with Gasteiger partial charge in [0, 0.05) is 11.8 Å². The number of pyridine rings is 2. The van der Waals surface area contributed by atoms with E-state index in [1.165, 1.54) is 11.1 Å². The fourth-order valence-corrected chi connectivity index (χ4v) is 4.30. The first-order valence-electron chi connectivity index (χ1n) is 9.07. The number of aromatic nitrogens is 2. The Kier molecular flexibility index (Phi) is 5.98. The van der Waals surface area contributed by atoms with E-state index in [2.05, 4.69) is 92.5 Å². The molecule has 0 aliphatic rings. The van der Waals surface area contributed by atoms with Crippen LogP contribution in [-0.2, 0) is 0 Å². The van der Waals surface area contributed by atoms with E-state index in [4.69, 9.17) is 9.97 Å². The predicted molar refractivity (Wildman–Crippen MR) is 120 cm³/mol. The van der Waals surface area contributed by atoms with Crippen molar-refractivity contribution in [1.29, 1.82) is 0 Å². The standard InChI is InChI=1S/C24H18Br2N2/c25-21-15-7-13-19(27-21)23(17-9-3-1-4-10-17)24(18-11-5-2-6-12-18)20-14-8-16-22(26)28-20/h1-16,23-24H/t23-,24-/m1/s1. The molecule has 0 aliphatic heterocycles. The number of benzene rings is 2. The molecule has 0 aliphatic carbocycles. The molecule has 4 rings (SSSR count). The highest BCUT2D eigenvalue weighted by molar-refractivity contribution is 9.10. The predicted octanol–water partition coefficient (Wildman–Crippen LogP) is 6.97. The van der Waals surface area contributed by atoms with E-state index < -0.39 is 0 Å². The van der Waals surface area contributed by atoms with E-state index in [-0.39, 0.29) is 11.8 Å². The zero-order valence-electron chi connectivity index (χ0n) is 15.0. The molecule has 4 heteroatoms. The second kappa shape index (κ2) is 8.80. The molecule has 0 bridgehead atoms. The Morgan fingerprint density at radius 2 is 0.857 bits per heavy atom. The van der Waals surface area contributed by atoms with Crippen molar-refractivity contribution in [3.63, 3.8) is 0 Å². The zero-order valence-corrected chi connectivity index (χ0v) is 18.2. The maximum absolute atomic E-state index is 4.82. The molecule has 2 aromatic heterocycles. The summed E-state index contributed by atoms with van der Waals surface area (Å²) in [7, 11) is 0. The highest BCUT2D eigenvalue weighted by Gasteiger charge is 2.30. The van der Waals surface area contributed by atoms with Gasteiger partial charge in [0.25, 0.3) is 0 Å². The third-order valence-corrected chi connectivity index (χ3v) is 5.64. The van der Waals surface area contributed by atoms with E-state index in [0.29, 0.717) is 0 Å². The van der Waals surface area contributed by atoms with Crippen LogP contribution < -0.4 is 0 Å². The minimum absolute atomic E-state index is 0.0305. The Hall–Kier alpha value is -2.30. The summed E-state index contributed by atoms with van der Waals surface area (Å²) in [6, 6.07) is 33.3. The van der Waals surface area contributed by atoms with Gasteiger partial charge in [-0.3, -0.25) is 0 Å². The zero-order chi connectivity index (χ0) is 19.3. The van der Waals surface area contributed by atoms with Gasteiger partial charge in [-0.25, -0.2) is 9.97 Å². The van der Waals surface area contributed by atoms with Crippen molar-refractivity contribution < 1.29 is 0 Å². The molecule has 0 saturated heterocycles. The monoisotopic (exact) mass is 492 g/mol. The first kappa shape index (κ1) is 19.0. The average molecular weight is 494 g/mol. The van der Waals surface area contributed by atoms with E-state index in [9.17, 15) is 0 Å². The van der Waals surface area contributed by atoms with Crippen LogP contribution in [0.15, 0.2) is 106 Å². The van der Waals surface area contributed by atoms with Gasteiger partial charge in [0.2, 0.25) is 0 Å². The molecule has 0 fully saturated rings. The molecular weight excluding hydrogens is 476 g/mol. The number of halogens is 2. The van der Waals surface area contributed by atoms with Crippen LogP contribution in [0.2, 0.25) is 0 Å². The van der Waals surface area contributed by atoms with Gasteiger partial charge in [0.05, 0.1) is 11.4 Å². The minimum atomic E-state index is 0.0305. The molecule has 2 aromatic carbocycles. The van der Waals surface area contributed by atoms with Crippen LogP contribution in [0.4, 0.5) is 0 Å². The Bertz CT molecular complexity index is 965. The second-order valence-electron chi connectivity index (χ2n) is 6.55. The quantitative estimate of drug-likeness (QED) is 0.280. The summed E-state index contributed by atoms with van der Waals surface area (Å²) >= 11 is 7.08. The lowest BCUT2D eigenvalue weighted by Gasteiger charge is -2.28. The SMILES string of the molecule is Brc1cccc([C@@H](c2ccccc2)[C@H](c2ccccc2)c2cccc(Br)n2)n1. The van der Waals surface area contributed by atoms with Gasteiger partial charge in [-0.15, -0.1) is 0 Å². The van der Waals surface area contributed by atoms with Gasteiger partial charge in [-0.05, 0) is 67.3 Å². The average Bonchev–Trinajstić information content (AvgIpc) is 2.73. The van der Waals surface area contributed by atoms with Crippen LogP contribution in [0.3, 0.4) is 0 Å². The second-order valence-corrected chi connectivity index (χ2v) is 8.17. The van der Waals surface area contributed by atoms with Crippen molar-refractivity contribution >= 4 is 31.9 Å². The molecular formula is C24H18Br2N2. The molecule has 0 amide bonds. The molecule has 0 saturated carbocycles. The number of hydrogen-bond donors (Lipinski definition) is 0. The summed E-state index contributed by atoms with van der Waals surface area (Å²) in [6.07, 6.45) is 0. The number of rotatable bonds is 5. The third kappa shape index (κ3) is 4.23. The molecule has 138 valence electrons. The third-order valence-electron chi connectivity index (χ3n) is 4.76. The Balaban J connectivity index is 1.96. The van der Waals surface area contributed by atoms with Gasteiger partial charge in [-0.2, -0.15) is 0 Å². The van der Waals surface area contributed by atoms with Crippen LogP contribution in [0.1, 0.15) is 34.4 Å². The molecule has 2 atom stereocenters. The van der Waals surface area contributed by atoms with Crippen molar-refractivity contribution in [3.8, 4) is 0 Å². The molecule has 4 aromatic rings. The lowest BCUT2D eigenvalue weighted by Crippen LogP contribution is -2.17. The van der Waals surface area contributed by atoms with Crippen LogP contribution in [-0.4, -0.2) is 9.97 Å². The van der Waals surface area contributed by atoms with Crippen molar-refractivity contribution in [2.45, 2.75) is 11.8 Å². The van der Waals surface area contributed by atoms with Crippen LogP contribution in [0.5, 0.6) is 0 Å². The fraction of sp³-hybridized carbons (Fsp3) is 0.0833. The van der Waals surface area contributed by atoms with Gasteiger partial charge in [-0.1, -0.05) is 72.8 Å². The Morgan fingerprint density at radius 1 is 0.464 bits per heavy atom. The van der Waals surface area contributed by atoms with Crippen molar-refractivity contribution in [1.82, 2.24) is 9.97 Å². The molecule has 0 unspecified atom stereocenters. The topological polar surface area (TPSA) is 25.8 Å². The lowest BCUT2D eigenvalue weighted by molar-refractivity contribution is 0.655. The molecule has 28 heavy (non-hydrogen) atoms. The number of hydrogen-bond acceptors (Lipinski definition) is 2. The molecule has 2 nitrogen and oxygen atoms in total. The summed E-state index contributed by atoms with van der Waals surface area (Å²) < 4.78 is 1.67. The van der Waals surface area contributed by atoms with Crippen molar-refractivity contribution in [3.05, 3.63) is 129 Å². The normalized spacial score (nSPS) is 13.1. The van der Waals surface area contributed by atoms with Gasteiger partial charge in [0.1, 0.15) is 9.21 Å². The summed E-state index contributed by atoms with van der Waals surface area (Å²) in [5, 5.41) is 0. The van der Waals surface area contributed by atoms with E-state index in [1.807, 2.05) is 36.4 Å². The first-order chi connectivity index (χ1) is 13.7. The largest absolute Gasteiger partial charge is 0.245 e. The molecule has 0 N–H and O–H groups in total. The van der Waals surface area contributed by atoms with Crippen molar-refractivity contribution in [2.75, 3.05) is 0 Å². The number of nitrogens with zero attached hydrogens (tertiary/aromatic N) is 2. The van der Waals surface area contributed by atoms with E-state index in [1.54, 1.807) is 0 Å². The smallest absolute Gasteiger partial charge is 0.106 e. The van der Waals surface area contributed by atoms with Gasteiger partial charge in [0.15, 0.2) is 0 Å². The van der Waals surface area contributed by atoms with E-state index >= 15 is 0 Å². The van der Waals surface area contributed by atoms with Crippen molar-refractivity contribution in [2.24, 2.45) is 0 Å². The van der Waals surface area contributed by atoms with E-state index in [0.717, 1.165) is 20.6 Å². The summed E-state index contributed by atoms with van der Waals surface area (Å²) in [4.78, 5) is 9.64. The van der Waals surface area contributed by atoms with Crippen LogP contribution >= 0.6 is 31.9 Å². The molecule has 2 heterocycles. The van der Waals surface area contributed by atoms with Crippen LogP contribution in [0.25, 0.3) is 0 Å². The molecule has 0 spiro atoms. The Morgan fingerprint density at radius 3 is 1.21 bits per heavy atom. The maximum atomic E-state index is 4.82. The summed E-state index contributed by atoms with van der Waals surface area (Å²) in [5.41, 5.74) is 4.44. The van der Waals surface area contributed by atoms with Crippen LogP contribution in [0, 0.1) is 0 Å². The fourth-order valence-electron chi connectivity index (χ4n) is 3.58. The lowest BCUT2D eigenvalue weighted by atomic mass is 9.77. The highest BCUT2D eigenvalue weighted by Crippen LogP contribution is 2.42. The molecule has 0 radical (unpaired) electrons. The van der Waals surface area contributed by atoms with Gasteiger partial charge >= 0.3 is 0 Å².